The zero-order valence-electron chi connectivity index (χ0n) is 9.29. The zero-order valence-corrected chi connectivity index (χ0v) is 9.29. The predicted molar refractivity (Wildman–Crippen MR) is 60.2 cm³/mol. The summed E-state index contributed by atoms with van der Waals surface area (Å²) >= 11 is 0. The fourth-order valence-electron chi connectivity index (χ4n) is 1.95. The average molecular weight is 229 g/mol. The van der Waals surface area contributed by atoms with Crippen LogP contribution < -0.4 is 5.32 Å². The molecule has 0 fully saturated rings. The van der Waals surface area contributed by atoms with E-state index in [0.29, 0.717) is 6.42 Å². The van der Waals surface area contributed by atoms with Crippen molar-refractivity contribution in [3.05, 3.63) is 35.9 Å². The first kappa shape index (κ1) is 9.95. The molecule has 0 amide bonds. The van der Waals surface area contributed by atoms with Crippen molar-refractivity contribution >= 4 is 11.4 Å². The van der Waals surface area contributed by atoms with E-state index in [-0.39, 0.29) is 11.8 Å². The smallest absolute Gasteiger partial charge is 0.180 e. The standard InChI is InChI=1S/C11H11N5O/c1-7-4-10(9-5-8(17)2-3-12-9)15-16-6-13-14-11(7)16/h2-4,6,9,12H,5H2,1H3. The summed E-state index contributed by atoms with van der Waals surface area (Å²) in [6.45, 7) is 1.95. The molecule has 6 heteroatoms. The van der Waals surface area contributed by atoms with E-state index in [1.54, 1.807) is 23.1 Å². The van der Waals surface area contributed by atoms with Gasteiger partial charge in [0.2, 0.25) is 0 Å². The topological polar surface area (TPSA) is 72.2 Å². The Kier molecular flexibility index (Phi) is 2.14. The van der Waals surface area contributed by atoms with Crippen LogP contribution in [0, 0.1) is 6.92 Å². The molecule has 0 saturated heterocycles. The number of aryl methyl sites for hydroxylation is 1. The first-order valence-corrected chi connectivity index (χ1v) is 5.37. The normalized spacial score (nSPS) is 19.6. The highest BCUT2D eigenvalue weighted by Crippen LogP contribution is 2.19. The second-order valence-corrected chi connectivity index (χ2v) is 4.07. The fraction of sp³-hybridized carbons (Fsp3) is 0.273. The van der Waals surface area contributed by atoms with Crippen molar-refractivity contribution in [2.45, 2.75) is 19.4 Å². The van der Waals surface area contributed by atoms with Crippen LogP contribution in [0.5, 0.6) is 0 Å². The maximum Gasteiger partial charge on any atom is 0.180 e. The second kappa shape index (κ2) is 3.65. The van der Waals surface area contributed by atoms with Crippen LogP contribution in [0.4, 0.5) is 0 Å². The van der Waals surface area contributed by atoms with Crippen molar-refractivity contribution in [3.63, 3.8) is 0 Å². The molecule has 1 unspecified atom stereocenters. The molecule has 2 aromatic rings. The van der Waals surface area contributed by atoms with Crippen molar-refractivity contribution in [2.75, 3.05) is 0 Å². The molecule has 2 aromatic heterocycles. The van der Waals surface area contributed by atoms with Crippen molar-refractivity contribution in [1.29, 1.82) is 0 Å². The van der Waals surface area contributed by atoms with Crippen LogP contribution >= 0.6 is 0 Å². The van der Waals surface area contributed by atoms with Gasteiger partial charge in [0.25, 0.3) is 0 Å². The van der Waals surface area contributed by atoms with Crippen LogP contribution in [0.1, 0.15) is 23.7 Å². The van der Waals surface area contributed by atoms with Crippen LogP contribution in [-0.4, -0.2) is 25.6 Å². The average Bonchev–Trinajstić information content (AvgIpc) is 2.77. The van der Waals surface area contributed by atoms with Crippen LogP contribution in [0.3, 0.4) is 0 Å². The first-order valence-electron chi connectivity index (χ1n) is 5.37. The summed E-state index contributed by atoms with van der Waals surface area (Å²) in [5.74, 6) is 0.108. The third-order valence-electron chi connectivity index (χ3n) is 2.80. The van der Waals surface area contributed by atoms with Gasteiger partial charge in [0.1, 0.15) is 6.33 Å². The Bertz CT molecular complexity index is 615. The van der Waals surface area contributed by atoms with Crippen molar-refractivity contribution in [3.8, 4) is 0 Å². The zero-order chi connectivity index (χ0) is 11.8. The van der Waals surface area contributed by atoms with E-state index in [9.17, 15) is 4.79 Å². The Balaban J connectivity index is 2.05. The molecule has 0 saturated carbocycles. The van der Waals surface area contributed by atoms with Crippen molar-refractivity contribution in [2.24, 2.45) is 0 Å². The molecule has 86 valence electrons. The number of rotatable bonds is 1. The van der Waals surface area contributed by atoms with Crippen LogP contribution in [0.2, 0.25) is 0 Å². The number of nitrogens with one attached hydrogen (secondary N) is 1. The molecule has 0 aromatic carbocycles. The van der Waals surface area contributed by atoms with Crippen LogP contribution in [0.25, 0.3) is 5.65 Å². The maximum atomic E-state index is 11.4. The van der Waals surface area contributed by atoms with E-state index < -0.39 is 0 Å². The lowest BCUT2D eigenvalue weighted by atomic mass is 10.0. The van der Waals surface area contributed by atoms with Gasteiger partial charge in [0, 0.05) is 12.6 Å². The molecule has 3 rings (SSSR count). The van der Waals surface area contributed by atoms with Gasteiger partial charge in [0.05, 0.1) is 11.7 Å². The largest absolute Gasteiger partial charge is 0.382 e. The highest BCUT2D eigenvalue weighted by Gasteiger charge is 2.19. The van der Waals surface area contributed by atoms with Gasteiger partial charge in [0.15, 0.2) is 11.4 Å². The highest BCUT2D eigenvalue weighted by molar-refractivity contribution is 5.90. The number of hydrogen-bond acceptors (Lipinski definition) is 5. The quantitative estimate of drug-likeness (QED) is 0.773. The molecule has 1 N–H and O–H groups in total. The van der Waals surface area contributed by atoms with E-state index in [0.717, 1.165) is 16.9 Å². The minimum atomic E-state index is -0.0713. The van der Waals surface area contributed by atoms with E-state index in [1.807, 2.05) is 13.0 Å². The molecule has 0 spiro atoms. The van der Waals surface area contributed by atoms with Gasteiger partial charge in [-0.15, -0.1) is 10.2 Å². The molecule has 1 aliphatic heterocycles. The van der Waals surface area contributed by atoms with E-state index in [1.165, 1.54) is 0 Å². The van der Waals surface area contributed by atoms with Gasteiger partial charge >= 0.3 is 0 Å². The SMILES string of the molecule is Cc1cc(C2CC(=O)C=CN2)nn2cnnc12. The summed E-state index contributed by atoms with van der Waals surface area (Å²) in [6, 6.07) is 1.87. The number of hydrogen-bond donors (Lipinski definition) is 1. The van der Waals surface area contributed by atoms with Gasteiger partial charge in [-0.25, -0.2) is 0 Å². The minimum absolute atomic E-state index is 0.0713. The maximum absolute atomic E-state index is 11.4. The number of ketones is 1. The third-order valence-corrected chi connectivity index (χ3v) is 2.80. The molecule has 17 heavy (non-hydrogen) atoms. The lowest BCUT2D eigenvalue weighted by Crippen LogP contribution is -2.24. The van der Waals surface area contributed by atoms with Crippen LogP contribution in [-0.2, 0) is 4.79 Å². The molecule has 3 heterocycles. The van der Waals surface area contributed by atoms with Crippen LogP contribution in [0.15, 0.2) is 24.7 Å². The molecule has 1 aliphatic rings. The Morgan fingerprint density at radius 2 is 2.41 bits per heavy atom. The van der Waals surface area contributed by atoms with Gasteiger partial charge in [-0.1, -0.05) is 0 Å². The Morgan fingerprint density at radius 1 is 1.53 bits per heavy atom. The lowest BCUT2D eigenvalue weighted by molar-refractivity contribution is -0.115. The Labute approximate surface area is 97.4 Å². The second-order valence-electron chi connectivity index (χ2n) is 4.07. The molecule has 1 atom stereocenters. The minimum Gasteiger partial charge on any atom is -0.382 e. The monoisotopic (exact) mass is 229 g/mol. The van der Waals surface area contributed by atoms with Gasteiger partial charge < -0.3 is 5.32 Å². The molecule has 6 nitrogen and oxygen atoms in total. The lowest BCUT2D eigenvalue weighted by Gasteiger charge is -2.19. The highest BCUT2D eigenvalue weighted by atomic mass is 16.1. The van der Waals surface area contributed by atoms with E-state index >= 15 is 0 Å². The van der Waals surface area contributed by atoms with Crippen molar-refractivity contribution < 1.29 is 4.79 Å². The van der Waals surface area contributed by atoms with Gasteiger partial charge in [-0.05, 0) is 24.6 Å². The Hall–Kier alpha value is -2.24. The summed E-state index contributed by atoms with van der Waals surface area (Å²) in [5.41, 5.74) is 2.57. The number of fused-ring (bicyclic) bond motifs is 1. The van der Waals surface area contributed by atoms with Gasteiger partial charge in [-0.2, -0.15) is 9.61 Å². The molecular weight excluding hydrogens is 218 g/mol. The number of carbonyl (C=O) groups excluding carboxylic acids is 1. The van der Waals surface area contributed by atoms with E-state index in [2.05, 4.69) is 20.6 Å². The van der Waals surface area contributed by atoms with E-state index in [4.69, 9.17) is 0 Å². The summed E-state index contributed by atoms with van der Waals surface area (Å²) in [7, 11) is 0. The summed E-state index contributed by atoms with van der Waals surface area (Å²) in [6.07, 6.45) is 5.20. The predicted octanol–water partition coefficient (Wildman–Crippen LogP) is 0.550. The summed E-state index contributed by atoms with van der Waals surface area (Å²) in [5, 5.41) is 15.3. The summed E-state index contributed by atoms with van der Waals surface area (Å²) < 4.78 is 1.63. The Morgan fingerprint density at radius 3 is 3.24 bits per heavy atom. The van der Waals surface area contributed by atoms with Gasteiger partial charge in [-0.3, -0.25) is 4.79 Å². The number of allylic oxidation sites excluding steroid dienone is 1. The van der Waals surface area contributed by atoms with Crippen molar-refractivity contribution in [1.82, 2.24) is 25.1 Å². The molecule has 0 radical (unpaired) electrons. The summed E-state index contributed by atoms with van der Waals surface area (Å²) in [4.78, 5) is 11.4. The number of aromatic nitrogens is 4. The number of carbonyl (C=O) groups is 1. The first-order chi connectivity index (χ1) is 8.24. The fourth-order valence-corrected chi connectivity index (χ4v) is 1.95. The molecule has 0 bridgehead atoms. The molecular formula is C11H11N5O. The number of nitrogens with zero attached hydrogens (tertiary/aromatic N) is 4. The third kappa shape index (κ3) is 1.67. The molecule has 0 aliphatic carbocycles.